The summed E-state index contributed by atoms with van der Waals surface area (Å²) in [5.74, 6) is 2.68. The number of hydrogen-bond acceptors (Lipinski definition) is 4. The number of carbonyl (C=O) groups excluding carboxylic acids is 1. The number of methoxy groups -OCH3 is 2. The number of likely N-dealkylation sites (tertiary alicyclic amines) is 1. The van der Waals surface area contributed by atoms with Crippen LogP contribution >= 0.6 is 0 Å². The van der Waals surface area contributed by atoms with Gasteiger partial charge in [-0.15, -0.1) is 0 Å². The van der Waals surface area contributed by atoms with E-state index in [1.54, 1.807) is 26.4 Å². The Labute approximate surface area is 137 Å². The molecule has 1 aliphatic heterocycles. The molecule has 1 saturated heterocycles. The largest absolute Gasteiger partial charge is 0.493 e. The van der Waals surface area contributed by atoms with Gasteiger partial charge in [-0.05, 0) is 56.2 Å². The van der Waals surface area contributed by atoms with Gasteiger partial charge in [-0.2, -0.15) is 0 Å². The topological polar surface area (TPSA) is 38.8 Å². The highest BCUT2D eigenvalue weighted by atomic mass is 16.5. The Morgan fingerprint density at radius 3 is 2.61 bits per heavy atom. The summed E-state index contributed by atoms with van der Waals surface area (Å²) in [6, 6.07) is 0.478. The molecule has 0 radical (unpaired) electrons. The standard InChI is InChI=1S/C19H23NO3/c1-20-9-6-12-10-15(22-2)18(23-3)17-16(12)14(20)11-19(17)7-4-13(21)5-8-19/h4-5,7-8,10,12,14,16H,6,9,11H2,1-3H3/t12?,14-,16?/m0/s1. The van der Waals surface area contributed by atoms with E-state index in [1.165, 1.54) is 5.57 Å². The van der Waals surface area contributed by atoms with Gasteiger partial charge in [-0.3, -0.25) is 4.79 Å². The van der Waals surface area contributed by atoms with Gasteiger partial charge in [0.1, 0.15) is 0 Å². The molecule has 0 N–H and O–H groups in total. The Kier molecular flexibility index (Phi) is 3.27. The normalized spacial score (nSPS) is 34.7. The average molecular weight is 313 g/mol. The van der Waals surface area contributed by atoms with Gasteiger partial charge in [0.25, 0.3) is 0 Å². The van der Waals surface area contributed by atoms with E-state index in [0.29, 0.717) is 17.9 Å². The minimum absolute atomic E-state index is 0.0632. The molecule has 4 rings (SSSR count). The highest BCUT2D eigenvalue weighted by Crippen LogP contribution is 2.59. The van der Waals surface area contributed by atoms with Crippen LogP contribution in [-0.4, -0.2) is 44.5 Å². The van der Waals surface area contributed by atoms with Crippen molar-refractivity contribution in [3.63, 3.8) is 0 Å². The van der Waals surface area contributed by atoms with Crippen molar-refractivity contribution in [1.29, 1.82) is 0 Å². The molecule has 23 heavy (non-hydrogen) atoms. The summed E-state index contributed by atoms with van der Waals surface area (Å²) in [6.45, 7) is 1.09. The number of ether oxygens (including phenoxy) is 2. The molecule has 4 nitrogen and oxygen atoms in total. The van der Waals surface area contributed by atoms with Crippen LogP contribution in [0.4, 0.5) is 0 Å². The lowest BCUT2D eigenvalue weighted by Gasteiger charge is -2.42. The van der Waals surface area contributed by atoms with Crippen LogP contribution in [0.25, 0.3) is 0 Å². The summed E-state index contributed by atoms with van der Waals surface area (Å²) in [5, 5.41) is 0. The maximum atomic E-state index is 11.7. The van der Waals surface area contributed by atoms with Crippen molar-refractivity contribution in [2.75, 3.05) is 27.8 Å². The van der Waals surface area contributed by atoms with E-state index >= 15 is 0 Å². The summed E-state index contributed by atoms with van der Waals surface area (Å²) in [5.41, 5.74) is 1.07. The maximum Gasteiger partial charge on any atom is 0.178 e. The Hall–Kier alpha value is -1.81. The lowest BCUT2D eigenvalue weighted by Crippen LogP contribution is -2.45. The molecular formula is C19H23NO3. The summed E-state index contributed by atoms with van der Waals surface area (Å²) in [4.78, 5) is 14.1. The number of carbonyl (C=O) groups is 1. The maximum absolute atomic E-state index is 11.7. The lowest BCUT2D eigenvalue weighted by molar-refractivity contribution is -0.110. The van der Waals surface area contributed by atoms with Crippen molar-refractivity contribution in [3.8, 4) is 0 Å². The van der Waals surface area contributed by atoms with Gasteiger partial charge in [0, 0.05) is 17.4 Å². The quantitative estimate of drug-likeness (QED) is 0.785. The highest BCUT2D eigenvalue weighted by Gasteiger charge is 2.56. The van der Waals surface area contributed by atoms with E-state index < -0.39 is 0 Å². The number of allylic oxidation sites excluding steroid dienone is 5. The highest BCUT2D eigenvalue weighted by molar-refractivity contribution is 6.00. The second-order valence-corrected chi connectivity index (χ2v) is 7.02. The number of nitrogens with zero attached hydrogens (tertiary/aromatic N) is 1. The molecule has 1 spiro atoms. The third-order valence-corrected chi connectivity index (χ3v) is 5.99. The first-order valence-electron chi connectivity index (χ1n) is 8.27. The molecule has 2 unspecified atom stereocenters. The second kappa shape index (κ2) is 5.10. The van der Waals surface area contributed by atoms with Crippen LogP contribution in [0.2, 0.25) is 0 Å². The van der Waals surface area contributed by atoms with Crippen LogP contribution in [0, 0.1) is 17.3 Å². The third kappa shape index (κ3) is 1.97. The molecule has 3 aliphatic carbocycles. The zero-order valence-corrected chi connectivity index (χ0v) is 13.9. The van der Waals surface area contributed by atoms with Crippen molar-refractivity contribution in [2.24, 2.45) is 17.3 Å². The predicted octanol–water partition coefficient (Wildman–Crippen LogP) is 2.45. The van der Waals surface area contributed by atoms with Crippen LogP contribution in [0.3, 0.4) is 0 Å². The molecule has 2 fully saturated rings. The minimum atomic E-state index is -0.219. The Balaban J connectivity index is 1.92. The van der Waals surface area contributed by atoms with Gasteiger partial charge < -0.3 is 14.4 Å². The van der Waals surface area contributed by atoms with Gasteiger partial charge in [0.15, 0.2) is 17.3 Å². The molecule has 4 heteroatoms. The molecule has 0 aromatic carbocycles. The van der Waals surface area contributed by atoms with E-state index in [4.69, 9.17) is 9.47 Å². The number of ketones is 1. The zero-order chi connectivity index (χ0) is 16.2. The summed E-state index contributed by atoms with van der Waals surface area (Å²) in [7, 11) is 5.63. The van der Waals surface area contributed by atoms with E-state index in [9.17, 15) is 4.79 Å². The smallest absolute Gasteiger partial charge is 0.178 e. The first-order chi connectivity index (χ1) is 11.1. The van der Waals surface area contributed by atoms with Crippen molar-refractivity contribution >= 4 is 5.78 Å². The minimum Gasteiger partial charge on any atom is -0.493 e. The third-order valence-electron chi connectivity index (χ3n) is 5.99. The van der Waals surface area contributed by atoms with Crippen molar-refractivity contribution < 1.29 is 14.3 Å². The molecule has 0 aromatic rings. The number of hydrogen-bond donors (Lipinski definition) is 0. The van der Waals surface area contributed by atoms with Crippen molar-refractivity contribution in [3.05, 3.63) is 47.5 Å². The number of rotatable bonds is 2. The SMILES string of the molecule is COC1=CC2CCN(C)[C@H]3CC4(C=CC(=O)C=C4)C(=C1OC)C23. The predicted molar refractivity (Wildman–Crippen MR) is 87.5 cm³/mol. The monoisotopic (exact) mass is 313 g/mol. The Morgan fingerprint density at radius 2 is 1.96 bits per heavy atom. The van der Waals surface area contributed by atoms with Crippen molar-refractivity contribution in [2.45, 2.75) is 18.9 Å². The van der Waals surface area contributed by atoms with E-state index in [0.717, 1.165) is 30.9 Å². The molecule has 0 bridgehead atoms. The molecule has 4 aliphatic rings. The fourth-order valence-corrected chi connectivity index (χ4v) is 4.93. The first-order valence-corrected chi connectivity index (χ1v) is 8.27. The first kappa shape index (κ1) is 14.8. The summed E-state index contributed by atoms with van der Waals surface area (Å²) >= 11 is 0. The van der Waals surface area contributed by atoms with Crippen LogP contribution < -0.4 is 0 Å². The zero-order valence-electron chi connectivity index (χ0n) is 13.9. The van der Waals surface area contributed by atoms with E-state index in [1.807, 2.05) is 0 Å². The van der Waals surface area contributed by atoms with Crippen LogP contribution in [0.15, 0.2) is 47.5 Å². The molecular weight excluding hydrogens is 290 g/mol. The van der Waals surface area contributed by atoms with Gasteiger partial charge in [-0.1, -0.05) is 12.2 Å². The number of fused-ring (bicyclic) bond motifs is 1. The molecule has 1 saturated carbocycles. The molecule has 1 heterocycles. The molecule has 0 amide bonds. The van der Waals surface area contributed by atoms with Crippen molar-refractivity contribution in [1.82, 2.24) is 4.90 Å². The molecule has 122 valence electrons. The fourth-order valence-electron chi connectivity index (χ4n) is 4.93. The van der Waals surface area contributed by atoms with Crippen LogP contribution in [0.5, 0.6) is 0 Å². The van der Waals surface area contributed by atoms with E-state index in [2.05, 4.69) is 30.2 Å². The van der Waals surface area contributed by atoms with Gasteiger partial charge >= 0.3 is 0 Å². The Bertz CT molecular complexity index is 654. The summed E-state index contributed by atoms with van der Waals surface area (Å²) in [6.07, 6.45) is 11.9. The van der Waals surface area contributed by atoms with Gasteiger partial charge in [0.05, 0.1) is 14.2 Å². The second-order valence-electron chi connectivity index (χ2n) is 7.02. The summed E-state index contributed by atoms with van der Waals surface area (Å²) < 4.78 is 11.4. The van der Waals surface area contributed by atoms with Gasteiger partial charge in [0.2, 0.25) is 0 Å². The van der Waals surface area contributed by atoms with E-state index in [-0.39, 0.29) is 11.2 Å². The van der Waals surface area contributed by atoms with Gasteiger partial charge in [-0.25, -0.2) is 0 Å². The fraction of sp³-hybridized carbons (Fsp3) is 0.526. The molecule has 0 aromatic heterocycles. The van der Waals surface area contributed by atoms with Crippen LogP contribution in [0.1, 0.15) is 12.8 Å². The molecule has 3 atom stereocenters. The average Bonchev–Trinajstić information content (AvgIpc) is 2.90. The lowest BCUT2D eigenvalue weighted by atomic mass is 9.70. The Morgan fingerprint density at radius 1 is 1.22 bits per heavy atom. The number of piperidine rings is 1. The van der Waals surface area contributed by atoms with Crippen LogP contribution in [-0.2, 0) is 14.3 Å².